The van der Waals surface area contributed by atoms with E-state index < -0.39 is 21.3 Å². The van der Waals surface area contributed by atoms with E-state index >= 15 is 0 Å². The van der Waals surface area contributed by atoms with Crippen molar-refractivity contribution < 1.29 is 27.4 Å². The summed E-state index contributed by atoms with van der Waals surface area (Å²) < 4.78 is 44.7. The summed E-state index contributed by atoms with van der Waals surface area (Å²) in [5, 5.41) is 0.444. The van der Waals surface area contributed by atoms with Gasteiger partial charge in [0.05, 0.1) is 35.7 Å². The molecule has 1 aliphatic rings. The van der Waals surface area contributed by atoms with Gasteiger partial charge in [-0.3, -0.25) is 9.78 Å². The predicted octanol–water partition coefficient (Wildman–Crippen LogP) is 2.51. The van der Waals surface area contributed by atoms with Crippen molar-refractivity contribution in [3.8, 4) is 11.6 Å². The number of benzene rings is 1. The van der Waals surface area contributed by atoms with Crippen molar-refractivity contribution in [2.45, 2.75) is 30.1 Å². The third-order valence-electron chi connectivity index (χ3n) is 5.64. The molecule has 0 radical (unpaired) electrons. The number of carbonyl (C=O) groups is 1. The number of fused-ring (bicyclic) bond motifs is 1. The third-order valence-corrected chi connectivity index (χ3v) is 7.03. The molecule has 174 valence electrons. The zero-order chi connectivity index (χ0) is 23.6. The first-order chi connectivity index (χ1) is 15.8. The van der Waals surface area contributed by atoms with Crippen LogP contribution in [0.4, 0.5) is 0 Å². The molecular weight excluding hydrogens is 446 g/mol. The minimum atomic E-state index is -4.15. The van der Waals surface area contributed by atoms with Gasteiger partial charge in [0.25, 0.3) is 10.0 Å². The van der Waals surface area contributed by atoms with Gasteiger partial charge in [0.15, 0.2) is 0 Å². The first-order valence-electron chi connectivity index (χ1n) is 10.4. The lowest BCUT2D eigenvalue weighted by molar-refractivity contribution is -0.121. The summed E-state index contributed by atoms with van der Waals surface area (Å²) in [7, 11) is -1.11. The first-order valence-corrected chi connectivity index (χ1v) is 11.9. The fourth-order valence-corrected chi connectivity index (χ4v) is 4.97. The molecule has 0 spiro atoms. The van der Waals surface area contributed by atoms with E-state index in [1.165, 1.54) is 19.4 Å². The Labute approximate surface area is 192 Å². The van der Waals surface area contributed by atoms with Crippen LogP contribution in [-0.4, -0.2) is 51.7 Å². The molecule has 0 saturated heterocycles. The Balaban J connectivity index is 1.67. The van der Waals surface area contributed by atoms with E-state index in [1.54, 1.807) is 37.4 Å². The van der Waals surface area contributed by atoms with E-state index in [0.29, 0.717) is 41.7 Å². The second kappa shape index (κ2) is 8.95. The standard InChI is InChI=1S/C23H25N3O6S/c1-15-7-8-17-19(25-15)5-4-6-20(17)33(28,29)26-22(27)23(9-10-23)18-13-16(31-3)14-24-21(18)32-12-11-30-2/h4-8,13-14H,9-12H2,1-3H3,(H,26,27). The van der Waals surface area contributed by atoms with Gasteiger partial charge >= 0.3 is 0 Å². The van der Waals surface area contributed by atoms with Crippen LogP contribution in [0.25, 0.3) is 10.9 Å². The van der Waals surface area contributed by atoms with Crippen LogP contribution < -0.4 is 14.2 Å². The molecule has 2 aromatic heterocycles. The molecule has 2 heterocycles. The summed E-state index contributed by atoms with van der Waals surface area (Å²) in [5.41, 5.74) is 0.721. The van der Waals surface area contributed by atoms with Crippen LogP contribution in [0, 0.1) is 6.92 Å². The van der Waals surface area contributed by atoms with Crippen LogP contribution in [0.1, 0.15) is 24.1 Å². The average molecular weight is 472 g/mol. The zero-order valence-electron chi connectivity index (χ0n) is 18.6. The number of methoxy groups -OCH3 is 2. The Hall–Kier alpha value is -3.24. The molecule has 0 unspecified atom stereocenters. The number of nitrogens with one attached hydrogen (secondary N) is 1. The van der Waals surface area contributed by atoms with Crippen LogP contribution in [0.5, 0.6) is 11.6 Å². The summed E-state index contributed by atoms with van der Waals surface area (Å²) in [6.07, 6.45) is 2.40. The van der Waals surface area contributed by atoms with Gasteiger partial charge in [-0.05, 0) is 50.1 Å². The number of nitrogens with zero attached hydrogens (tertiary/aromatic N) is 2. The highest BCUT2D eigenvalue weighted by molar-refractivity contribution is 7.90. The molecule has 3 aromatic rings. The molecular formula is C23H25N3O6S. The van der Waals surface area contributed by atoms with Crippen LogP contribution in [0.3, 0.4) is 0 Å². The highest BCUT2D eigenvalue weighted by Gasteiger charge is 2.54. The van der Waals surface area contributed by atoms with Crippen molar-refractivity contribution in [1.29, 1.82) is 0 Å². The van der Waals surface area contributed by atoms with Crippen LogP contribution >= 0.6 is 0 Å². The maximum atomic E-state index is 13.3. The predicted molar refractivity (Wildman–Crippen MR) is 121 cm³/mol. The van der Waals surface area contributed by atoms with Gasteiger partial charge in [-0.2, -0.15) is 0 Å². The maximum Gasteiger partial charge on any atom is 0.264 e. The molecule has 0 atom stereocenters. The molecule has 4 rings (SSSR count). The maximum absolute atomic E-state index is 13.3. The molecule has 10 heteroatoms. The van der Waals surface area contributed by atoms with Crippen molar-refractivity contribution in [2.75, 3.05) is 27.4 Å². The Bertz CT molecular complexity index is 1300. The monoisotopic (exact) mass is 471 g/mol. The van der Waals surface area contributed by atoms with Crippen molar-refractivity contribution in [2.24, 2.45) is 0 Å². The van der Waals surface area contributed by atoms with Crippen LogP contribution in [0.2, 0.25) is 0 Å². The van der Waals surface area contributed by atoms with Gasteiger partial charge in [-0.25, -0.2) is 18.1 Å². The van der Waals surface area contributed by atoms with Crippen LogP contribution in [-0.2, 0) is 25.0 Å². The summed E-state index contributed by atoms with van der Waals surface area (Å²) in [5.74, 6) is 0.0653. The SMILES string of the molecule is COCCOc1ncc(OC)cc1C1(C(=O)NS(=O)(=O)c2cccc3nc(C)ccc23)CC1. The molecule has 0 bridgehead atoms. The second-order valence-corrected chi connectivity index (χ2v) is 9.51. The smallest absolute Gasteiger partial charge is 0.264 e. The number of amides is 1. The molecule has 1 aromatic carbocycles. The Morgan fingerprint density at radius 3 is 2.64 bits per heavy atom. The lowest BCUT2D eigenvalue weighted by atomic mass is 9.96. The third kappa shape index (κ3) is 4.49. The molecule has 1 fully saturated rings. The number of aryl methyl sites for hydroxylation is 1. The van der Waals surface area contributed by atoms with Gasteiger partial charge in [-0.15, -0.1) is 0 Å². The lowest BCUT2D eigenvalue weighted by Gasteiger charge is -2.20. The van der Waals surface area contributed by atoms with Crippen molar-refractivity contribution in [1.82, 2.24) is 14.7 Å². The highest BCUT2D eigenvalue weighted by Crippen LogP contribution is 2.52. The number of carbonyl (C=O) groups excluding carboxylic acids is 1. The second-order valence-electron chi connectivity index (χ2n) is 7.86. The van der Waals surface area contributed by atoms with E-state index in [-0.39, 0.29) is 17.4 Å². The normalized spacial score (nSPS) is 14.6. The number of sulfonamides is 1. The fourth-order valence-electron chi connectivity index (χ4n) is 3.71. The van der Waals surface area contributed by atoms with Crippen molar-refractivity contribution in [3.05, 3.63) is 53.9 Å². The van der Waals surface area contributed by atoms with Crippen molar-refractivity contribution >= 4 is 26.8 Å². The summed E-state index contributed by atoms with van der Waals surface area (Å²) in [6.45, 7) is 2.41. The molecule has 0 aliphatic heterocycles. The van der Waals surface area contributed by atoms with E-state index in [4.69, 9.17) is 14.2 Å². The van der Waals surface area contributed by atoms with Gasteiger partial charge in [-0.1, -0.05) is 6.07 Å². The number of hydrogen-bond acceptors (Lipinski definition) is 8. The first kappa shape index (κ1) is 22.9. The minimum absolute atomic E-state index is 0.00279. The zero-order valence-corrected chi connectivity index (χ0v) is 19.4. The summed E-state index contributed by atoms with van der Waals surface area (Å²) in [6, 6.07) is 9.89. The van der Waals surface area contributed by atoms with Gasteiger partial charge in [0, 0.05) is 23.8 Å². The number of ether oxygens (including phenoxy) is 3. The minimum Gasteiger partial charge on any atom is -0.495 e. The Morgan fingerprint density at radius 2 is 1.94 bits per heavy atom. The Morgan fingerprint density at radius 1 is 1.15 bits per heavy atom. The topological polar surface area (TPSA) is 117 Å². The molecule has 1 N–H and O–H groups in total. The van der Waals surface area contributed by atoms with E-state index in [9.17, 15) is 13.2 Å². The Kier molecular flexibility index (Phi) is 6.22. The fraction of sp³-hybridized carbons (Fsp3) is 0.348. The van der Waals surface area contributed by atoms with Gasteiger partial charge in [0.2, 0.25) is 11.8 Å². The molecule has 9 nitrogen and oxygen atoms in total. The molecule has 1 amide bonds. The van der Waals surface area contributed by atoms with E-state index in [2.05, 4.69) is 14.7 Å². The summed E-state index contributed by atoms with van der Waals surface area (Å²) in [4.78, 5) is 22.0. The average Bonchev–Trinajstić information content (AvgIpc) is 3.60. The quantitative estimate of drug-likeness (QED) is 0.473. The molecule has 1 aliphatic carbocycles. The molecule has 33 heavy (non-hydrogen) atoms. The molecule has 1 saturated carbocycles. The lowest BCUT2D eigenvalue weighted by Crippen LogP contribution is -2.39. The van der Waals surface area contributed by atoms with E-state index in [0.717, 1.165) is 5.69 Å². The number of rotatable bonds is 9. The summed E-state index contributed by atoms with van der Waals surface area (Å²) >= 11 is 0. The van der Waals surface area contributed by atoms with Crippen LogP contribution in [0.15, 0.2) is 47.5 Å². The highest BCUT2D eigenvalue weighted by atomic mass is 32.2. The number of aromatic nitrogens is 2. The number of pyridine rings is 2. The number of hydrogen-bond donors (Lipinski definition) is 1. The largest absolute Gasteiger partial charge is 0.495 e. The van der Waals surface area contributed by atoms with Gasteiger partial charge in [0.1, 0.15) is 12.4 Å². The van der Waals surface area contributed by atoms with Gasteiger partial charge < -0.3 is 14.2 Å². The van der Waals surface area contributed by atoms with E-state index in [1.807, 2.05) is 6.92 Å². The van der Waals surface area contributed by atoms with Crippen molar-refractivity contribution in [3.63, 3.8) is 0 Å².